The maximum atomic E-state index is 12.4. The van der Waals surface area contributed by atoms with Crippen LogP contribution in [0.5, 0.6) is 11.5 Å². The van der Waals surface area contributed by atoms with Crippen molar-refractivity contribution in [3.8, 4) is 22.9 Å². The van der Waals surface area contributed by atoms with E-state index in [9.17, 15) is 4.79 Å². The van der Waals surface area contributed by atoms with Gasteiger partial charge in [-0.3, -0.25) is 4.79 Å². The average molecular weight is 388 g/mol. The molecule has 1 heterocycles. The van der Waals surface area contributed by atoms with Crippen LogP contribution in [0.3, 0.4) is 0 Å². The first-order chi connectivity index (χ1) is 13.0. The van der Waals surface area contributed by atoms with Crippen molar-refractivity contribution < 1.29 is 18.8 Å². The number of carbonyl (C=O) groups is 1. The Morgan fingerprint density at radius 2 is 1.89 bits per heavy atom. The Bertz CT molecular complexity index is 958. The summed E-state index contributed by atoms with van der Waals surface area (Å²) in [6, 6.07) is 11.6. The predicted octanol–water partition coefficient (Wildman–Crippen LogP) is 3.90. The highest BCUT2D eigenvalue weighted by Crippen LogP contribution is 2.31. The fourth-order valence-corrected chi connectivity index (χ4v) is 2.71. The summed E-state index contributed by atoms with van der Waals surface area (Å²) >= 11 is 6.05. The number of hydrogen-bond acceptors (Lipinski definition) is 6. The zero-order valence-electron chi connectivity index (χ0n) is 15.0. The molecule has 0 aliphatic heterocycles. The summed E-state index contributed by atoms with van der Waals surface area (Å²) in [5.74, 6) is 1.50. The largest absolute Gasteiger partial charge is 0.493 e. The number of rotatable bonds is 6. The topological polar surface area (TPSA) is 86.5 Å². The summed E-state index contributed by atoms with van der Waals surface area (Å²) in [5.41, 5.74) is 1.08. The van der Waals surface area contributed by atoms with Crippen LogP contribution in [0.4, 0.5) is 0 Å². The molecule has 1 aromatic heterocycles. The first-order valence-electron chi connectivity index (χ1n) is 8.15. The van der Waals surface area contributed by atoms with Crippen molar-refractivity contribution in [2.24, 2.45) is 0 Å². The Labute approximate surface area is 161 Å². The molecule has 1 amide bonds. The van der Waals surface area contributed by atoms with Crippen molar-refractivity contribution in [1.82, 2.24) is 15.5 Å². The highest BCUT2D eigenvalue weighted by atomic mass is 35.5. The van der Waals surface area contributed by atoms with E-state index in [0.717, 1.165) is 0 Å². The summed E-state index contributed by atoms with van der Waals surface area (Å²) in [6.45, 7) is 1.75. The lowest BCUT2D eigenvalue weighted by Gasteiger charge is -2.10. The van der Waals surface area contributed by atoms with Gasteiger partial charge in [-0.15, -0.1) is 0 Å². The third kappa shape index (κ3) is 4.03. The van der Waals surface area contributed by atoms with Gasteiger partial charge in [0, 0.05) is 5.56 Å². The molecule has 8 heteroatoms. The highest BCUT2D eigenvalue weighted by molar-refractivity contribution is 6.33. The smallest absolute Gasteiger partial charge is 0.253 e. The van der Waals surface area contributed by atoms with Crippen molar-refractivity contribution in [3.63, 3.8) is 0 Å². The number of halogens is 1. The van der Waals surface area contributed by atoms with Gasteiger partial charge >= 0.3 is 0 Å². The maximum absolute atomic E-state index is 12.4. The van der Waals surface area contributed by atoms with E-state index in [1.165, 1.54) is 0 Å². The van der Waals surface area contributed by atoms with E-state index in [-0.39, 0.29) is 11.8 Å². The molecule has 0 spiro atoms. The van der Waals surface area contributed by atoms with Crippen LogP contribution in [0, 0.1) is 0 Å². The Balaban J connectivity index is 1.77. The lowest BCUT2D eigenvalue weighted by Crippen LogP contribution is -2.27. The molecule has 140 valence electrons. The molecule has 0 unspecified atom stereocenters. The molecule has 0 radical (unpaired) electrons. The van der Waals surface area contributed by atoms with Crippen molar-refractivity contribution in [2.75, 3.05) is 14.2 Å². The fourth-order valence-electron chi connectivity index (χ4n) is 2.49. The minimum Gasteiger partial charge on any atom is -0.493 e. The Morgan fingerprint density at radius 1 is 1.15 bits per heavy atom. The molecule has 0 saturated carbocycles. The third-order valence-corrected chi connectivity index (χ3v) is 4.25. The number of nitrogens with zero attached hydrogens (tertiary/aromatic N) is 2. The second-order valence-corrected chi connectivity index (χ2v) is 6.11. The van der Waals surface area contributed by atoms with Gasteiger partial charge in [0.1, 0.15) is 6.04 Å². The molecule has 1 N–H and O–H groups in total. The molecular formula is C19H18ClN3O4. The number of hydrogen-bond donors (Lipinski definition) is 1. The van der Waals surface area contributed by atoms with Crippen molar-refractivity contribution in [3.05, 3.63) is 58.9 Å². The first-order valence-corrected chi connectivity index (χ1v) is 8.52. The Morgan fingerprint density at radius 3 is 2.59 bits per heavy atom. The SMILES string of the molecule is COc1ccc(-c2noc([C@@H](C)NC(=O)c3ccccc3Cl)n2)cc1OC. The molecule has 3 rings (SSSR count). The highest BCUT2D eigenvalue weighted by Gasteiger charge is 2.20. The predicted molar refractivity (Wildman–Crippen MR) is 100 cm³/mol. The van der Waals surface area contributed by atoms with Crippen molar-refractivity contribution >= 4 is 17.5 Å². The quantitative estimate of drug-likeness (QED) is 0.690. The van der Waals surface area contributed by atoms with Crippen LogP contribution in [0.1, 0.15) is 29.2 Å². The molecule has 1 atom stereocenters. The fraction of sp³-hybridized carbons (Fsp3) is 0.211. The summed E-state index contributed by atoms with van der Waals surface area (Å²) < 4.78 is 15.8. The molecule has 0 bridgehead atoms. The second-order valence-electron chi connectivity index (χ2n) is 5.70. The number of benzene rings is 2. The Kier molecular flexibility index (Phi) is 5.61. The lowest BCUT2D eigenvalue weighted by molar-refractivity contribution is 0.0932. The zero-order chi connectivity index (χ0) is 19.4. The average Bonchev–Trinajstić information content (AvgIpc) is 3.18. The van der Waals surface area contributed by atoms with Gasteiger partial charge in [-0.1, -0.05) is 28.9 Å². The summed E-state index contributed by atoms with van der Waals surface area (Å²) in [7, 11) is 3.11. The van der Waals surface area contributed by atoms with E-state index >= 15 is 0 Å². The molecule has 2 aromatic carbocycles. The minimum atomic E-state index is -0.491. The molecule has 0 aliphatic carbocycles. The van der Waals surface area contributed by atoms with E-state index < -0.39 is 6.04 Å². The van der Waals surface area contributed by atoms with Gasteiger partial charge in [-0.05, 0) is 37.3 Å². The number of carbonyl (C=O) groups excluding carboxylic acids is 1. The van der Waals surface area contributed by atoms with Crippen molar-refractivity contribution in [2.45, 2.75) is 13.0 Å². The van der Waals surface area contributed by atoms with Crippen molar-refractivity contribution in [1.29, 1.82) is 0 Å². The molecule has 7 nitrogen and oxygen atoms in total. The molecular weight excluding hydrogens is 370 g/mol. The first kappa shape index (κ1) is 18.7. The molecule has 0 fully saturated rings. The number of amides is 1. The van der Waals surface area contributed by atoms with E-state index in [2.05, 4.69) is 15.5 Å². The second kappa shape index (κ2) is 8.09. The summed E-state index contributed by atoms with van der Waals surface area (Å²) in [5, 5.41) is 7.14. The summed E-state index contributed by atoms with van der Waals surface area (Å²) in [4.78, 5) is 16.7. The van der Waals surface area contributed by atoms with Gasteiger partial charge in [-0.25, -0.2) is 0 Å². The van der Waals surface area contributed by atoms with Crippen LogP contribution in [-0.2, 0) is 0 Å². The van der Waals surface area contributed by atoms with Gasteiger partial charge in [0.25, 0.3) is 5.91 Å². The normalized spacial score (nSPS) is 11.7. The zero-order valence-corrected chi connectivity index (χ0v) is 15.8. The van der Waals surface area contributed by atoms with Gasteiger partial charge in [0.15, 0.2) is 11.5 Å². The maximum Gasteiger partial charge on any atom is 0.253 e. The number of nitrogens with one attached hydrogen (secondary N) is 1. The van der Waals surface area contributed by atoms with Crippen LogP contribution < -0.4 is 14.8 Å². The van der Waals surface area contributed by atoms with Gasteiger partial charge in [0.2, 0.25) is 11.7 Å². The molecule has 27 heavy (non-hydrogen) atoms. The molecule has 0 aliphatic rings. The van der Waals surface area contributed by atoms with Gasteiger partial charge in [-0.2, -0.15) is 4.98 Å². The number of aromatic nitrogens is 2. The summed E-state index contributed by atoms with van der Waals surface area (Å²) in [6.07, 6.45) is 0. The monoisotopic (exact) mass is 387 g/mol. The number of methoxy groups -OCH3 is 2. The van der Waals surface area contributed by atoms with E-state index in [1.807, 2.05) is 0 Å². The van der Waals surface area contributed by atoms with E-state index in [4.69, 9.17) is 25.6 Å². The van der Waals surface area contributed by atoms with Crippen LogP contribution in [0.15, 0.2) is 47.0 Å². The molecule has 3 aromatic rings. The van der Waals surface area contributed by atoms with Gasteiger partial charge < -0.3 is 19.3 Å². The van der Waals surface area contributed by atoms with Crippen LogP contribution in [-0.4, -0.2) is 30.3 Å². The van der Waals surface area contributed by atoms with E-state index in [1.54, 1.807) is 63.6 Å². The van der Waals surface area contributed by atoms with E-state index in [0.29, 0.717) is 33.5 Å². The van der Waals surface area contributed by atoms with Crippen LogP contribution in [0.25, 0.3) is 11.4 Å². The Hall–Kier alpha value is -3.06. The lowest BCUT2D eigenvalue weighted by atomic mass is 10.2. The third-order valence-electron chi connectivity index (χ3n) is 3.92. The van der Waals surface area contributed by atoms with Crippen LogP contribution in [0.2, 0.25) is 5.02 Å². The molecule has 0 saturated heterocycles. The standard InChI is InChI=1S/C19H18ClN3O4/c1-11(21-18(24)13-6-4-5-7-14(13)20)19-22-17(23-27-19)12-8-9-15(25-2)16(10-12)26-3/h4-11H,1-3H3,(H,21,24)/t11-/m1/s1. The number of ether oxygens (including phenoxy) is 2. The minimum absolute atomic E-state index is 0.278. The van der Waals surface area contributed by atoms with Gasteiger partial charge in [0.05, 0.1) is 24.8 Å². The van der Waals surface area contributed by atoms with Crippen LogP contribution >= 0.6 is 11.6 Å².